The quantitative estimate of drug-likeness (QED) is 0.468. The van der Waals surface area contributed by atoms with E-state index in [2.05, 4.69) is 0 Å². The zero-order valence-corrected chi connectivity index (χ0v) is 9.09. The minimum absolute atomic E-state index is 0.351. The first-order valence-corrected chi connectivity index (χ1v) is 5.09. The van der Waals surface area contributed by atoms with Crippen LogP contribution in [0.3, 0.4) is 0 Å². The van der Waals surface area contributed by atoms with E-state index in [9.17, 15) is 4.79 Å². The first-order chi connectivity index (χ1) is 8.16. The molecule has 0 bridgehead atoms. The van der Waals surface area contributed by atoms with E-state index < -0.39 is 5.97 Å². The summed E-state index contributed by atoms with van der Waals surface area (Å²) >= 11 is 0. The number of hydrogen-bond donors (Lipinski definition) is 2. The van der Waals surface area contributed by atoms with Gasteiger partial charge in [0.1, 0.15) is 5.75 Å². The Bertz CT molecular complexity index is 535. The zero-order valence-electron chi connectivity index (χ0n) is 9.09. The van der Waals surface area contributed by atoms with E-state index in [0.29, 0.717) is 22.7 Å². The second kappa shape index (κ2) is 4.57. The van der Waals surface area contributed by atoms with Crippen LogP contribution in [0.25, 0.3) is 0 Å². The fourth-order valence-corrected chi connectivity index (χ4v) is 1.38. The molecule has 86 valence electrons. The van der Waals surface area contributed by atoms with E-state index >= 15 is 0 Å². The minimum atomic E-state index is -0.479. The molecule has 0 saturated heterocycles. The summed E-state index contributed by atoms with van der Waals surface area (Å²) in [6.45, 7) is 0. The number of hydrogen-bond acceptors (Lipinski definition) is 4. The normalized spacial score (nSPS) is 9.88. The van der Waals surface area contributed by atoms with E-state index in [-0.39, 0.29) is 0 Å². The molecule has 0 aliphatic carbocycles. The number of carbonyl (C=O) groups is 1. The molecule has 0 amide bonds. The Kier molecular flexibility index (Phi) is 2.96. The van der Waals surface area contributed by atoms with E-state index in [1.165, 1.54) is 0 Å². The molecule has 2 aromatic rings. The van der Waals surface area contributed by atoms with Crippen molar-refractivity contribution >= 4 is 17.3 Å². The van der Waals surface area contributed by atoms with E-state index in [1.807, 2.05) is 0 Å². The van der Waals surface area contributed by atoms with Crippen molar-refractivity contribution < 1.29 is 9.53 Å². The van der Waals surface area contributed by atoms with Gasteiger partial charge in [0.2, 0.25) is 0 Å². The third kappa shape index (κ3) is 2.55. The predicted octanol–water partition coefficient (Wildman–Crippen LogP) is 2.07. The Morgan fingerprint density at radius 1 is 0.941 bits per heavy atom. The highest BCUT2D eigenvalue weighted by atomic mass is 16.5. The summed E-state index contributed by atoms with van der Waals surface area (Å²) in [5.41, 5.74) is 12.6. The number of benzene rings is 2. The van der Waals surface area contributed by atoms with Crippen molar-refractivity contribution in [2.75, 3.05) is 11.5 Å². The summed E-state index contributed by atoms with van der Waals surface area (Å²) in [5.74, 6) is -0.0414. The molecule has 4 nitrogen and oxygen atoms in total. The van der Waals surface area contributed by atoms with Crippen molar-refractivity contribution in [2.24, 2.45) is 0 Å². The van der Waals surface area contributed by atoms with Gasteiger partial charge in [0.25, 0.3) is 0 Å². The van der Waals surface area contributed by atoms with Crippen molar-refractivity contribution in [1.29, 1.82) is 0 Å². The lowest BCUT2D eigenvalue weighted by atomic mass is 10.2. The molecule has 2 rings (SSSR count). The number of para-hydroxylation sites is 1. The average Bonchev–Trinajstić information content (AvgIpc) is 2.32. The van der Waals surface area contributed by atoms with Crippen molar-refractivity contribution in [1.82, 2.24) is 0 Å². The van der Waals surface area contributed by atoms with Crippen LogP contribution < -0.4 is 16.2 Å². The van der Waals surface area contributed by atoms with Crippen molar-refractivity contribution in [2.45, 2.75) is 0 Å². The third-order valence-corrected chi connectivity index (χ3v) is 2.27. The van der Waals surface area contributed by atoms with Crippen molar-refractivity contribution in [3.05, 3.63) is 54.1 Å². The molecule has 0 heterocycles. The fraction of sp³-hybridized carbons (Fsp3) is 0. The molecule has 0 aromatic heterocycles. The molecule has 2 aromatic carbocycles. The van der Waals surface area contributed by atoms with Crippen LogP contribution in [0, 0.1) is 0 Å². The second-order valence-corrected chi connectivity index (χ2v) is 3.55. The van der Waals surface area contributed by atoms with Crippen LogP contribution in [0.2, 0.25) is 0 Å². The highest BCUT2D eigenvalue weighted by Crippen LogP contribution is 2.17. The number of anilines is 2. The predicted molar refractivity (Wildman–Crippen MR) is 66.7 cm³/mol. The molecule has 0 saturated carbocycles. The monoisotopic (exact) mass is 228 g/mol. The van der Waals surface area contributed by atoms with Crippen LogP contribution in [0.5, 0.6) is 5.75 Å². The molecule has 0 unspecified atom stereocenters. The Labute approximate surface area is 98.8 Å². The average molecular weight is 228 g/mol. The third-order valence-electron chi connectivity index (χ3n) is 2.27. The van der Waals surface area contributed by atoms with Gasteiger partial charge in [-0.25, -0.2) is 4.79 Å². The molecule has 0 aliphatic heterocycles. The molecule has 0 radical (unpaired) electrons. The summed E-state index contributed by atoms with van der Waals surface area (Å²) in [5, 5.41) is 0. The highest BCUT2D eigenvalue weighted by molar-refractivity contribution is 5.96. The minimum Gasteiger partial charge on any atom is -0.423 e. The SMILES string of the molecule is Nc1ccc(OC(=O)c2ccccc2N)cc1. The maximum Gasteiger partial charge on any atom is 0.345 e. The number of carbonyl (C=O) groups excluding carboxylic acids is 1. The summed E-state index contributed by atoms with van der Waals surface area (Å²) in [6.07, 6.45) is 0. The lowest BCUT2D eigenvalue weighted by Crippen LogP contribution is -2.10. The molecule has 0 atom stereocenters. The van der Waals surface area contributed by atoms with E-state index in [0.717, 1.165) is 0 Å². The Hall–Kier alpha value is -2.49. The van der Waals surface area contributed by atoms with E-state index in [4.69, 9.17) is 16.2 Å². The van der Waals surface area contributed by atoms with Gasteiger partial charge in [-0.2, -0.15) is 0 Å². The lowest BCUT2D eigenvalue weighted by Gasteiger charge is -2.06. The van der Waals surface area contributed by atoms with Crippen LogP contribution in [0.15, 0.2) is 48.5 Å². The topological polar surface area (TPSA) is 78.3 Å². The summed E-state index contributed by atoms with van der Waals surface area (Å²) in [7, 11) is 0. The van der Waals surface area contributed by atoms with Gasteiger partial charge in [-0.3, -0.25) is 0 Å². The standard InChI is InChI=1S/C13H12N2O2/c14-9-5-7-10(8-6-9)17-13(16)11-3-1-2-4-12(11)15/h1-8H,14-15H2. The van der Waals surface area contributed by atoms with Crippen LogP contribution >= 0.6 is 0 Å². The summed E-state index contributed by atoms with van der Waals surface area (Å²) in [6, 6.07) is 13.4. The van der Waals surface area contributed by atoms with Gasteiger partial charge in [0.15, 0.2) is 0 Å². The van der Waals surface area contributed by atoms with Crippen molar-refractivity contribution in [3.63, 3.8) is 0 Å². The molecule has 0 fully saturated rings. The van der Waals surface area contributed by atoms with Gasteiger partial charge >= 0.3 is 5.97 Å². The summed E-state index contributed by atoms with van der Waals surface area (Å²) < 4.78 is 5.16. The molecule has 0 aliphatic rings. The number of ether oxygens (including phenoxy) is 1. The Morgan fingerprint density at radius 2 is 1.59 bits per heavy atom. The van der Waals surface area contributed by atoms with Crippen LogP contribution in [-0.4, -0.2) is 5.97 Å². The van der Waals surface area contributed by atoms with Crippen molar-refractivity contribution in [3.8, 4) is 5.75 Å². The first kappa shape index (κ1) is 11.0. The van der Waals surface area contributed by atoms with Gasteiger partial charge in [0.05, 0.1) is 5.56 Å². The van der Waals surface area contributed by atoms with Gasteiger partial charge in [-0.05, 0) is 36.4 Å². The molecule has 4 N–H and O–H groups in total. The second-order valence-electron chi connectivity index (χ2n) is 3.55. The Balaban J connectivity index is 2.17. The molecular formula is C13H12N2O2. The van der Waals surface area contributed by atoms with Crippen LogP contribution in [0.1, 0.15) is 10.4 Å². The van der Waals surface area contributed by atoms with E-state index in [1.54, 1.807) is 48.5 Å². The number of esters is 1. The lowest BCUT2D eigenvalue weighted by molar-refractivity contribution is 0.0736. The molecular weight excluding hydrogens is 216 g/mol. The largest absolute Gasteiger partial charge is 0.423 e. The van der Waals surface area contributed by atoms with Gasteiger partial charge in [0, 0.05) is 11.4 Å². The Morgan fingerprint density at radius 3 is 2.24 bits per heavy atom. The highest BCUT2D eigenvalue weighted by Gasteiger charge is 2.11. The maximum absolute atomic E-state index is 11.8. The first-order valence-electron chi connectivity index (χ1n) is 5.09. The zero-order chi connectivity index (χ0) is 12.3. The van der Waals surface area contributed by atoms with Crippen LogP contribution in [-0.2, 0) is 0 Å². The maximum atomic E-state index is 11.8. The number of rotatable bonds is 2. The number of nitrogen functional groups attached to an aromatic ring is 2. The smallest absolute Gasteiger partial charge is 0.345 e. The summed E-state index contributed by atoms with van der Waals surface area (Å²) in [4.78, 5) is 11.8. The fourth-order valence-electron chi connectivity index (χ4n) is 1.38. The van der Waals surface area contributed by atoms with Gasteiger partial charge < -0.3 is 16.2 Å². The van der Waals surface area contributed by atoms with Crippen LogP contribution in [0.4, 0.5) is 11.4 Å². The molecule has 4 heteroatoms. The van der Waals surface area contributed by atoms with Gasteiger partial charge in [-0.15, -0.1) is 0 Å². The molecule has 0 spiro atoms. The van der Waals surface area contributed by atoms with Gasteiger partial charge in [-0.1, -0.05) is 12.1 Å². The molecule has 17 heavy (non-hydrogen) atoms. The number of nitrogens with two attached hydrogens (primary N) is 2.